The average Bonchev–Trinajstić information content (AvgIpc) is 2.55. The van der Waals surface area contributed by atoms with E-state index in [1.165, 1.54) is 16.7 Å². The summed E-state index contributed by atoms with van der Waals surface area (Å²) >= 11 is 0. The fourth-order valence-electron chi connectivity index (χ4n) is 2.99. The zero-order chi connectivity index (χ0) is 15.4. The van der Waals surface area contributed by atoms with Gasteiger partial charge in [0.25, 0.3) is 0 Å². The lowest BCUT2D eigenvalue weighted by molar-refractivity contribution is 0.577. The predicted octanol–water partition coefficient (Wildman–Crippen LogP) is 3.87. The van der Waals surface area contributed by atoms with Gasteiger partial charge < -0.3 is 10.6 Å². The number of aliphatic imine (C=N–C) groups is 1. The van der Waals surface area contributed by atoms with Crippen molar-refractivity contribution in [3.63, 3.8) is 0 Å². The lowest BCUT2D eigenvalue weighted by atomic mass is 9.78. The molecule has 0 fully saturated rings. The van der Waals surface area contributed by atoms with Crippen LogP contribution in [0.3, 0.4) is 0 Å². The Labute approximate surface area is 155 Å². The van der Waals surface area contributed by atoms with E-state index in [1.54, 1.807) is 0 Å². The van der Waals surface area contributed by atoms with Crippen LogP contribution < -0.4 is 10.6 Å². The van der Waals surface area contributed by atoms with Gasteiger partial charge in [0.15, 0.2) is 5.96 Å². The molecule has 2 unspecified atom stereocenters. The summed E-state index contributed by atoms with van der Waals surface area (Å²) in [5.41, 5.74) is 4.22. The van der Waals surface area contributed by atoms with Gasteiger partial charge in [-0.15, -0.1) is 24.0 Å². The molecule has 0 saturated heterocycles. The van der Waals surface area contributed by atoms with Crippen LogP contribution in [0, 0.1) is 0 Å². The second-order valence-electron chi connectivity index (χ2n) is 5.83. The van der Waals surface area contributed by atoms with Gasteiger partial charge in [-0.2, -0.15) is 0 Å². The summed E-state index contributed by atoms with van der Waals surface area (Å²) in [6.07, 6.45) is 1.16. The molecule has 0 aromatic heterocycles. The third-order valence-corrected chi connectivity index (χ3v) is 4.35. The van der Waals surface area contributed by atoms with Crippen LogP contribution in [0.25, 0.3) is 0 Å². The van der Waals surface area contributed by atoms with Gasteiger partial charge in [-0.3, -0.25) is 4.99 Å². The number of fused-ring (bicyclic) bond motifs is 1. The Morgan fingerprint density at radius 3 is 2.52 bits per heavy atom. The Morgan fingerprint density at radius 2 is 1.83 bits per heavy atom. The third kappa shape index (κ3) is 4.25. The van der Waals surface area contributed by atoms with Crippen molar-refractivity contribution in [1.82, 2.24) is 10.6 Å². The Hall–Kier alpha value is -1.56. The van der Waals surface area contributed by atoms with Crippen molar-refractivity contribution in [2.75, 3.05) is 13.6 Å². The van der Waals surface area contributed by atoms with Crippen molar-refractivity contribution in [3.8, 4) is 0 Å². The molecular formula is C19H24IN3. The lowest BCUT2D eigenvalue weighted by Crippen LogP contribution is -2.42. The van der Waals surface area contributed by atoms with Crippen LogP contribution in [-0.4, -0.2) is 19.6 Å². The largest absolute Gasteiger partial charge is 0.356 e. The van der Waals surface area contributed by atoms with Gasteiger partial charge in [0, 0.05) is 19.5 Å². The molecule has 2 aromatic carbocycles. The topological polar surface area (TPSA) is 36.4 Å². The molecule has 0 bridgehead atoms. The molecule has 2 N–H and O–H groups in total. The molecule has 0 radical (unpaired) electrons. The van der Waals surface area contributed by atoms with E-state index >= 15 is 0 Å². The maximum atomic E-state index is 4.33. The summed E-state index contributed by atoms with van der Waals surface area (Å²) in [5, 5.41) is 6.90. The zero-order valence-corrected chi connectivity index (χ0v) is 16.0. The van der Waals surface area contributed by atoms with E-state index in [4.69, 9.17) is 0 Å². The number of guanidine groups is 1. The van der Waals surface area contributed by atoms with E-state index in [0.717, 1.165) is 18.9 Å². The fraction of sp³-hybridized carbons (Fsp3) is 0.316. The molecule has 0 spiro atoms. The van der Waals surface area contributed by atoms with Crippen molar-refractivity contribution in [3.05, 3.63) is 71.3 Å². The molecule has 2 aromatic rings. The highest BCUT2D eigenvalue weighted by Crippen LogP contribution is 2.33. The van der Waals surface area contributed by atoms with Gasteiger partial charge in [0.05, 0.1) is 6.04 Å². The van der Waals surface area contributed by atoms with Crippen molar-refractivity contribution in [2.45, 2.75) is 25.3 Å². The average molecular weight is 421 g/mol. The minimum Gasteiger partial charge on any atom is -0.356 e. The molecule has 0 saturated carbocycles. The highest BCUT2D eigenvalue weighted by Gasteiger charge is 2.25. The standard InChI is InChI=1S/C19H23N3.HI/c1-14(15-8-4-3-5-9-15)22-19(20-2)21-13-17-12-16-10-6-7-11-18(16)17;/h3-11,14,17H,12-13H2,1-2H3,(H2,20,21,22);1H. The summed E-state index contributed by atoms with van der Waals surface area (Å²) < 4.78 is 0. The molecule has 0 amide bonds. The molecule has 3 nitrogen and oxygen atoms in total. The maximum Gasteiger partial charge on any atom is 0.191 e. The van der Waals surface area contributed by atoms with Gasteiger partial charge in [-0.05, 0) is 30.0 Å². The molecular weight excluding hydrogens is 397 g/mol. The van der Waals surface area contributed by atoms with E-state index in [-0.39, 0.29) is 30.0 Å². The summed E-state index contributed by atoms with van der Waals surface area (Å²) in [5.74, 6) is 1.46. The van der Waals surface area contributed by atoms with Crippen molar-refractivity contribution < 1.29 is 0 Å². The number of halogens is 1. The predicted molar refractivity (Wildman–Crippen MR) is 108 cm³/mol. The SMILES string of the molecule is CN=C(NCC1Cc2ccccc21)NC(C)c1ccccc1.I. The van der Waals surface area contributed by atoms with E-state index in [1.807, 2.05) is 13.1 Å². The molecule has 0 aliphatic heterocycles. The summed E-state index contributed by atoms with van der Waals surface area (Å²) in [6.45, 7) is 3.08. The first-order valence-corrected chi connectivity index (χ1v) is 7.88. The molecule has 3 rings (SSSR count). The van der Waals surface area contributed by atoms with Crippen molar-refractivity contribution in [1.29, 1.82) is 0 Å². The summed E-state index contributed by atoms with van der Waals surface area (Å²) in [6, 6.07) is 19.4. The highest BCUT2D eigenvalue weighted by atomic mass is 127. The van der Waals surface area contributed by atoms with Crippen LogP contribution in [0.4, 0.5) is 0 Å². The lowest BCUT2D eigenvalue weighted by Gasteiger charge is -2.31. The minimum atomic E-state index is 0. The maximum absolute atomic E-state index is 4.33. The first-order chi connectivity index (χ1) is 10.8. The Morgan fingerprint density at radius 1 is 1.13 bits per heavy atom. The Kier molecular flexibility index (Phi) is 6.45. The van der Waals surface area contributed by atoms with Crippen LogP contribution in [0.2, 0.25) is 0 Å². The van der Waals surface area contributed by atoms with Gasteiger partial charge in [-0.1, -0.05) is 54.6 Å². The molecule has 1 aliphatic rings. The Bertz CT molecular complexity index is 655. The third-order valence-electron chi connectivity index (χ3n) is 4.35. The first kappa shape index (κ1) is 17.8. The number of nitrogens with one attached hydrogen (secondary N) is 2. The molecule has 4 heteroatoms. The number of hydrogen-bond acceptors (Lipinski definition) is 1. The van der Waals surface area contributed by atoms with E-state index < -0.39 is 0 Å². The fourth-order valence-corrected chi connectivity index (χ4v) is 2.99. The van der Waals surface area contributed by atoms with Crippen LogP contribution in [0.5, 0.6) is 0 Å². The number of hydrogen-bond donors (Lipinski definition) is 2. The normalized spacial score (nSPS) is 17.3. The monoisotopic (exact) mass is 421 g/mol. The Balaban J connectivity index is 0.00000192. The first-order valence-electron chi connectivity index (χ1n) is 7.88. The highest BCUT2D eigenvalue weighted by molar-refractivity contribution is 14.0. The number of nitrogens with zero attached hydrogens (tertiary/aromatic N) is 1. The second kappa shape index (κ2) is 8.34. The number of benzene rings is 2. The van der Waals surface area contributed by atoms with E-state index in [2.05, 4.69) is 71.1 Å². The smallest absolute Gasteiger partial charge is 0.191 e. The van der Waals surface area contributed by atoms with E-state index in [0.29, 0.717) is 5.92 Å². The van der Waals surface area contributed by atoms with Crippen molar-refractivity contribution in [2.24, 2.45) is 4.99 Å². The molecule has 122 valence electrons. The van der Waals surface area contributed by atoms with Gasteiger partial charge in [0.1, 0.15) is 0 Å². The summed E-state index contributed by atoms with van der Waals surface area (Å²) in [7, 11) is 1.82. The van der Waals surface area contributed by atoms with Gasteiger partial charge in [0.2, 0.25) is 0 Å². The molecule has 2 atom stereocenters. The van der Waals surface area contributed by atoms with Crippen LogP contribution in [0.15, 0.2) is 59.6 Å². The van der Waals surface area contributed by atoms with Crippen molar-refractivity contribution >= 4 is 29.9 Å². The minimum absolute atomic E-state index is 0. The van der Waals surface area contributed by atoms with Crippen LogP contribution in [-0.2, 0) is 6.42 Å². The van der Waals surface area contributed by atoms with E-state index in [9.17, 15) is 0 Å². The van der Waals surface area contributed by atoms with Gasteiger partial charge >= 0.3 is 0 Å². The quantitative estimate of drug-likeness (QED) is 0.447. The molecule has 1 aliphatic carbocycles. The van der Waals surface area contributed by atoms with Gasteiger partial charge in [-0.25, -0.2) is 0 Å². The second-order valence-corrected chi connectivity index (χ2v) is 5.83. The van der Waals surface area contributed by atoms with Crippen LogP contribution >= 0.6 is 24.0 Å². The zero-order valence-electron chi connectivity index (χ0n) is 13.6. The number of rotatable bonds is 4. The molecule has 0 heterocycles. The van der Waals surface area contributed by atoms with Crippen LogP contribution in [0.1, 0.15) is 35.6 Å². The summed E-state index contributed by atoms with van der Waals surface area (Å²) in [4.78, 5) is 4.33. The molecule has 23 heavy (non-hydrogen) atoms.